The minimum absolute atomic E-state index is 0.224. The van der Waals surface area contributed by atoms with Crippen LogP contribution in [0.25, 0.3) is 0 Å². The van der Waals surface area contributed by atoms with Gasteiger partial charge in [-0.25, -0.2) is 0 Å². The van der Waals surface area contributed by atoms with E-state index >= 15 is 0 Å². The Kier molecular flexibility index (Phi) is 3.81. The lowest BCUT2D eigenvalue weighted by Crippen LogP contribution is -2.25. The number of hydrogen-bond acceptors (Lipinski definition) is 0. The summed E-state index contributed by atoms with van der Waals surface area (Å²) < 4.78 is 0. The van der Waals surface area contributed by atoms with Crippen LogP contribution < -0.4 is 0 Å². The van der Waals surface area contributed by atoms with E-state index in [0.29, 0.717) is 5.41 Å². The molecule has 0 aromatic heterocycles. The molecule has 0 aliphatic rings. The molecule has 0 rings (SSSR count). The van der Waals surface area contributed by atoms with Gasteiger partial charge in [-0.05, 0) is 30.1 Å². The first-order valence-electron chi connectivity index (χ1n) is 5.02. The molecule has 0 aromatic rings. The molecule has 0 nitrogen and oxygen atoms in total. The van der Waals surface area contributed by atoms with E-state index in [2.05, 4.69) is 48.5 Å². The van der Waals surface area contributed by atoms with Gasteiger partial charge in [0.05, 0.1) is 0 Å². The maximum atomic E-state index is 4.23. The van der Waals surface area contributed by atoms with E-state index in [1.54, 1.807) is 0 Å². The minimum atomic E-state index is 0.224. The van der Waals surface area contributed by atoms with Gasteiger partial charge in [-0.2, -0.15) is 0 Å². The maximum Gasteiger partial charge on any atom is -0.0326 e. The average molecular weight is 169 g/mol. The third-order valence-corrected chi connectivity index (χ3v) is 2.46. The summed E-state index contributed by atoms with van der Waals surface area (Å²) in [5.74, 6) is 0.748. The zero-order valence-electron chi connectivity index (χ0n) is 9.70. The Hall–Kier alpha value is 0. The first-order chi connectivity index (χ1) is 5.17. The van der Waals surface area contributed by atoms with Crippen LogP contribution in [0.1, 0.15) is 54.4 Å². The van der Waals surface area contributed by atoms with Crippen LogP contribution >= 0.6 is 0 Å². The molecule has 0 saturated carbocycles. The summed E-state index contributed by atoms with van der Waals surface area (Å²) in [6, 6.07) is 0. The second-order valence-electron chi connectivity index (χ2n) is 5.86. The van der Waals surface area contributed by atoms with Crippen LogP contribution in [0.4, 0.5) is 0 Å². The third kappa shape index (κ3) is 4.79. The van der Waals surface area contributed by atoms with Crippen molar-refractivity contribution in [3.8, 4) is 0 Å². The maximum absolute atomic E-state index is 4.23. The Morgan fingerprint density at radius 3 is 1.58 bits per heavy atom. The molecule has 0 aliphatic heterocycles. The van der Waals surface area contributed by atoms with E-state index in [1.807, 2.05) is 0 Å². The molecule has 0 aromatic carbocycles. The summed E-state index contributed by atoms with van der Waals surface area (Å²) >= 11 is 0. The highest BCUT2D eigenvalue weighted by Gasteiger charge is 2.27. The first kappa shape index (κ1) is 12.0. The number of rotatable bonds is 3. The normalized spacial score (nSPS) is 16.2. The van der Waals surface area contributed by atoms with Gasteiger partial charge in [0.15, 0.2) is 0 Å². The van der Waals surface area contributed by atoms with Crippen molar-refractivity contribution in [3.05, 3.63) is 6.92 Å². The molecule has 0 aliphatic carbocycles. The molecule has 0 heterocycles. The van der Waals surface area contributed by atoms with Crippen molar-refractivity contribution in [2.24, 2.45) is 16.7 Å². The molecular weight excluding hydrogens is 144 g/mol. The SMILES string of the molecule is [CH2]C(C)(C)C(CC)CC(C)(C)C. The second kappa shape index (κ2) is 3.81. The van der Waals surface area contributed by atoms with E-state index in [9.17, 15) is 0 Å². The van der Waals surface area contributed by atoms with Crippen LogP contribution in [0, 0.1) is 23.7 Å². The molecular formula is C12H25. The van der Waals surface area contributed by atoms with Crippen molar-refractivity contribution < 1.29 is 0 Å². The Balaban J connectivity index is 4.20. The van der Waals surface area contributed by atoms with Gasteiger partial charge in [0, 0.05) is 0 Å². The molecule has 12 heavy (non-hydrogen) atoms. The van der Waals surface area contributed by atoms with Crippen molar-refractivity contribution in [2.45, 2.75) is 54.4 Å². The van der Waals surface area contributed by atoms with Gasteiger partial charge in [-0.15, -0.1) is 0 Å². The Labute approximate surface area is 78.8 Å². The smallest absolute Gasteiger partial charge is 0.0326 e. The van der Waals surface area contributed by atoms with Gasteiger partial charge in [0.25, 0.3) is 0 Å². The molecule has 0 N–H and O–H groups in total. The molecule has 0 spiro atoms. The average Bonchev–Trinajstić information content (AvgIpc) is 1.78. The fraction of sp³-hybridized carbons (Fsp3) is 0.917. The lowest BCUT2D eigenvalue weighted by atomic mass is 9.71. The van der Waals surface area contributed by atoms with Crippen LogP contribution in [-0.4, -0.2) is 0 Å². The highest BCUT2D eigenvalue weighted by molar-refractivity contribution is 4.82. The molecule has 0 bridgehead atoms. The lowest BCUT2D eigenvalue weighted by molar-refractivity contribution is 0.183. The Morgan fingerprint density at radius 1 is 1.08 bits per heavy atom. The van der Waals surface area contributed by atoms with Crippen LogP contribution in [0.15, 0.2) is 0 Å². The van der Waals surface area contributed by atoms with Crippen LogP contribution in [0.3, 0.4) is 0 Å². The fourth-order valence-corrected chi connectivity index (χ4v) is 1.71. The second-order valence-corrected chi connectivity index (χ2v) is 5.86. The van der Waals surface area contributed by atoms with E-state index in [1.165, 1.54) is 12.8 Å². The first-order valence-corrected chi connectivity index (χ1v) is 5.02. The summed E-state index contributed by atoms with van der Waals surface area (Å²) in [6.45, 7) is 17.9. The van der Waals surface area contributed by atoms with E-state index in [0.717, 1.165) is 5.92 Å². The molecule has 0 heteroatoms. The highest BCUT2D eigenvalue weighted by atomic mass is 14.3. The molecule has 0 saturated heterocycles. The van der Waals surface area contributed by atoms with E-state index < -0.39 is 0 Å². The zero-order valence-corrected chi connectivity index (χ0v) is 9.70. The highest BCUT2D eigenvalue weighted by Crippen LogP contribution is 2.37. The molecule has 1 unspecified atom stereocenters. The summed E-state index contributed by atoms with van der Waals surface area (Å²) in [7, 11) is 0. The Bertz CT molecular complexity index is 120. The fourth-order valence-electron chi connectivity index (χ4n) is 1.71. The molecule has 0 fully saturated rings. The van der Waals surface area contributed by atoms with Gasteiger partial charge in [-0.3, -0.25) is 0 Å². The van der Waals surface area contributed by atoms with Crippen molar-refractivity contribution >= 4 is 0 Å². The summed E-state index contributed by atoms with van der Waals surface area (Å²) in [5.41, 5.74) is 0.664. The minimum Gasteiger partial charge on any atom is -0.0651 e. The molecule has 73 valence electrons. The van der Waals surface area contributed by atoms with Crippen molar-refractivity contribution in [2.75, 3.05) is 0 Å². The van der Waals surface area contributed by atoms with E-state index in [4.69, 9.17) is 0 Å². The predicted molar refractivity (Wildman–Crippen MR) is 57.0 cm³/mol. The third-order valence-electron chi connectivity index (χ3n) is 2.46. The largest absolute Gasteiger partial charge is 0.0651 e. The van der Waals surface area contributed by atoms with Gasteiger partial charge in [0.1, 0.15) is 0 Å². The molecule has 0 amide bonds. The van der Waals surface area contributed by atoms with Gasteiger partial charge in [-0.1, -0.05) is 48.0 Å². The van der Waals surface area contributed by atoms with Crippen LogP contribution in [0.2, 0.25) is 0 Å². The van der Waals surface area contributed by atoms with Crippen molar-refractivity contribution in [1.29, 1.82) is 0 Å². The van der Waals surface area contributed by atoms with Crippen LogP contribution in [-0.2, 0) is 0 Å². The summed E-state index contributed by atoms with van der Waals surface area (Å²) in [5, 5.41) is 0. The summed E-state index contributed by atoms with van der Waals surface area (Å²) in [6.07, 6.45) is 2.52. The molecule has 1 atom stereocenters. The topological polar surface area (TPSA) is 0 Å². The lowest BCUT2D eigenvalue weighted by Gasteiger charge is -2.34. The monoisotopic (exact) mass is 169 g/mol. The predicted octanol–water partition coefficient (Wildman–Crippen LogP) is 4.31. The van der Waals surface area contributed by atoms with Gasteiger partial charge >= 0.3 is 0 Å². The summed E-state index contributed by atoms with van der Waals surface area (Å²) in [4.78, 5) is 0. The van der Waals surface area contributed by atoms with Gasteiger partial charge < -0.3 is 0 Å². The van der Waals surface area contributed by atoms with E-state index in [-0.39, 0.29) is 5.41 Å². The van der Waals surface area contributed by atoms with Crippen molar-refractivity contribution in [1.82, 2.24) is 0 Å². The zero-order chi connectivity index (χ0) is 9.99. The Morgan fingerprint density at radius 2 is 1.50 bits per heavy atom. The van der Waals surface area contributed by atoms with Crippen LogP contribution in [0.5, 0.6) is 0 Å². The standard InChI is InChI=1S/C12H25/c1-8-10(12(5,6)7)9-11(2,3)4/h10H,5,8-9H2,1-4,6-7H3. The van der Waals surface area contributed by atoms with Gasteiger partial charge in [0.2, 0.25) is 0 Å². The van der Waals surface area contributed by atoms with Crippen molar-refractivity contribution in [3.63, 3.8) is 0 Å². The quantitative estimate of drug-likeness (QED) is 0.590. The molecule has 1 radical (unpaired) electrons. The number of hydrogen-bond donors (Lipinski definition) is 0.